The molecule has 0 spiro atoms. The molecule has 1 aromatic carbocycles. The maximum Gasteiger partial charge on any atom is 0.319 e. The molecular weight excluding hydrogens is 322 g/mol. The molecule has 6 nitrogen and oxygen atoms in total. The van der Waals surface area contributed by atoms with E-state index in [0.29, 0.717) is 6.54 Å². The Balaban J connectivity index is 1.50. The van der Waals surface area contributed by atoms with E-state index in [2.05, 4.69) is 43.8 Å². The second kappa shape index (κ2) is 8.19. The van der Waals surface area contributed by atoms with E-state index in [9.17, 15) is 4.79 Å². The molecular formula is C17H23N5OS. The SMILES string of the molecule is CSCCc1ccc(NC(=O)NCc2nnc3n2CCCC3)cc1. The highest BCUT2D eigenvalue weighted by Crippen LogP contribution is 2.14. The Hall–Kier alpha value is -2.02. The average Bonchev–Trinajstić information content (AvgIpc) is 3.03. The Labute approximate surface area is 146 Å². The summed E-state index contributed by atoms with van der Waals surface area (Å²) in [5, 5.41) is 14.1. The maximum atomic E-state index is 12.0. The molecule has 0 atom stereocenters. The molecule has 1 aromatic heterocycles. The van der Waals surface area contributed by atoms with Crippen molar-refractivity contribution in [2.24, 2.45) is 0 Å². The first-order chi connectivity index (χ1) is 11.8. The van der Waals surface area contributed by atoms with Crippen molar-refractivity contribution in [3.63, 3.8) is 0 Å². The number of nitrogens with zero attached hydrogens (tertiary/aromatic N) is 3. The standard InChI is InChI=1S/C17H23N5OS/c1-24-11-9-13-5-7-14(8-6-13)19-17(23)18-12-16-21-20-15-4-2-3-10-22(15)16/h5-8H,2-4,9-12H2,1H3,(H2,18,19,23). The van der Waals surface area contributed by atoms with E-state index >= 15 is 0 Å². The normalized spacial score (nSPS) is 13.4. The quantitative estimate of drug-likeness (QED) is 0.844. The van der Waals surface area contributed by atoms with Crippen LogP contribution in [-0.2, 0) is 25.9 Å². The van der Waals surface area contributed by atoms with Gasteiger partial charge in [-0.1, -0.05) is 12.1 Å². The molecule has 2 amide bonds. The van der Waals surface area contributed by atoms with Gasteiger partial charge in [0.15, 0.2) is 5.82 Å². The first-order valence-corrected chi connectivity index (χ1v) is 9.69. The summed E-state index contributed by atoms with van der Waals surface area (Å²) in [6.07, 6.45) is 6.44. The molecule has 0 fully saturated rings. The molecule has 1 aliphatic heterocycles. The van der Waals surface area contributed by atoms with Crippen LogP contribution < -0.4 is 10.6 Å². The smallest absolute Gasteiger partial charge is 0.319 e. The molecule has 0 radical (unpaired) electrons. The van der Waals surface area contributed by atoms with Crippen molar-refractivity contribution < 1.29 is 4.79 Å². The number of anilines is 1. The van der Waals surface area contributed by atoms with E-state index < -0.39 is 0 Å². The third kappa shape index (κ3) is 4.29. The van der Waals surface area contributed by atoms with Crippen LogP contribution in [0.2, 0.25) is 0 Å². The highest BCUT2D eigenvalue weighted by atomic mass is 32.2. The van der Waals surface area contributed by atoms with Gasteiger partial charge in [-0.05, 0) is 49.0 Å². The highest BCUT2D eigenvalue weighted by Gasteiger charge is 2.15. The first kappa shape index (κ1) is 16.8. The van der Waals surface area contributed by atoms with E-state index in [1.165, 1.54) is 12.0 Å². The molecule has 3 rings (SSSR count). The fourth-order valence-corrected chi connectivity index (χ4v) is 3.25. The largest absolute Gasteiger partial charge is 0.331 e. The average molecular weight is 345 g/mol. The van der Waals surface area contributed by atoms with Crippen LogP contribution in [0.1, 0.15) is 30.1 Å². The molecule has 2 aromatic rings. The summed E-state index contributed by atoms with van der Waals surface area (Å²) in [5.74, 6) is 2.96. The monoisotopic (exact) mass is 345 g/mol. The van der Waals surface area contributed by atoms with E-state index in [4.69, 9.17) is 0 Å². The van der Waals surface area contributed by atoms with Crippen LogP contribution in [0.15, 0.2) is 24.3 Å². The fourth-order valence-electron chi connectivity index (χ4n) is 2.81. The van der Waals surface area contributed by atoms with Crippen molar-refractivity contribution in [1.82, 2.24) is 20.1 Å². The summed E-state index contributed by atoms with van der Waals surface area (Å²) in [6.45, 7) is 1.34. The number of benzene rings is 1. The number of nitrogens with one attached hydrogen (secondary N) is 2. The predicted molar refractivity (Wildman–Crippen MR) is 97.3 cm³/mol. The molecule has 1 aliphatic rings. The van der Waals surface area contributed by atoms with Gasteiger partial charge in [0.25, 0.3) is 0 Å². The Morgan fingerprint density at radius 1 is 1.25 bits per heavy atom. The van der Waals surface area contributed by atoms with Gasteiger partial charge in [0.05, 0.1) is 6.54 Å². The highest BCUT2D eigenvalue weighted by molar-refractivity contribution is 7.98. The van der Waals surface area contributed by atoms with Crippen molar-refractivity contribution in [1.29, 1.82) is 0 Å². The van der Waals surface area contributed by atoms with Gasteiger partial charge in [0.2, 0.25) is 0 Å². The Bertz CT molecular complexity index is 683. The molecule has 2 heterocycles. The fraction of sp³-hybridized carbons (Fsp3) is 0.471. The number of fused-ring (bicyclic) bond motifs is 1. The van der Waals surface area contributed by atoms with Crippen LogP contribution in [0, 0.1) is 0 Å². The third-order valence-corrected chi connectivity index (χ3v) is 4.76. The molecule has 0 saturated carbocycles. The lowest BCUT2D eigenvalue weighted by Gasteiger charge is -2.15. The van der Waals surface area contributed by atoms with Crippen molar-refractivity contribution in [3.8, 4) is 0 Å². The summed E-state index contributed by atoms with van der Waals surface area (Å²) in [4.78, 5) is 12.0. The summed E-state index contributed by atoms with van der Waals surface area (Å²) >= 11 is 1.83. The van der Waals surface area contributed by atoms with Crippen molar-refractivity contribution in [3.05, 3.63) is 41.5 Å². The van der Waals surface area contributed by atoms with Crippen molar-refractivity contribution >= 4 is 23.5 Å². The Morgan fingerprint density at radius 2 is 2.08 bits per heavy atom. The number of thioether (sulfide) groups is 1. The van der Waals surface area contributed by atoms with Crippen molar-refractivity contribution in [2.75, 3.05) is 17.3 Å². The van der Waals surface area contributed by atoms with Crippen LogP contribution in [0.5, 0.6) is 0 Å². The van der Waals surface area contributed by atoms with E-state index in [1.807, 2.05) is 23.9 Å². The van der Waals surface area contributed by atoms with Gasteiger partial charge in [0, 0.05) is 18.7 Å². The van der Waals surface area contributed by atoms with E-state index in [-0.39, 0.29) is 6.03 Å². The molecule has 0 bridgehead atoms. The van der Waals surface area contributed by atoms with Gasteiger partial charge in [0.1, 0.15) is 5.82 Å². The molecule has 0 aliphatic carbocycles. The predicted octanol–water partition coefficient (Wildman–Crippen LogP) is 2.84. The lowest BCUT2D eigenvalue weighted by atomic mass is 10.1. The van der Waals surface area contributed by atoms with Crippen LogP contribution in [0.25, 0.3) is 0 Å². The molecule has 2 N–H and O–H groups in total. The number of carbonyl (C=O) groups is 1. The number of aryl methyl sites for hydroxylation is 2. The van der Waals surface area contributed by atoms with Crippen LogP contribution >= 0.6 is 11.8 Å². The number of urea groups is 1. The van der Waals surface area contributed by atoms with Crippen LogP contribution in [-0.4, -0.2) is 32.8 Å². The van der Waals surface area contributed by atoms with Crippen molar-refractivity contribution in [2.45, 2.75) is 38.8 Å². The zero-order valence-electron chi connectivity index (χ0n) is 13.9. The van der Waals surface area contributed by atoms with Gasteiger partial charge >= 0.3 is 6.03 Å². The zero-order chi connectivity index (χ0) is 16.8. The Morgan fingerprint density at radius 3 is 2.88 bits per heavy atom. The van der Waals surface area contributed by atoms with E-state index in [1.54, 1.807) is 0 Å². The molecule has 24 heavy (non-hydrogen) atoms. The minimum absolute atomic E-state index is 0.222. The Kier molecular flexibility index (Phi) is 5.74. The number of hydrogen-bond donors (Lipinski definition) is 2. The number of carbonyl (C=O) groups excluding carboxylic acids is 1. The number of amides is 2. The summed E-state index contributed by atoms with van der Waals surface area (Å²) in [6, 6.07) is 7.77. The number of aromatic nitrogens is 3. The number of rotatable bonds is 6. The molecule has 7 heteroatoms. The minimum Gasteiger partial charge on any atom is -0.331 e. The van der Waals surface area contributed by atoms with Gasteiger partial charge in [-0.15, -0.1) is 10.2 Å². The second-order valence-corrected chi connectivity index (χ2v) is 6.87. The topological polar surface area (TPSA) is 71.8 Å². The second-order valence-electron chi connectivity index (χ2n) is 5.89. The van der Waals surface area contributed by atoms with E-state index in [0.717, 1.165) is 48.9 Å². The summed E-state index contributed by atoms with van der Waals surface area (Å²) in [5.41, 5.74) is 2.08. The first-order valence-electron chi connectivity index (χ1n) is 8.30. The lowest BCUT2D eigenvalue weighted by Crippen LogP contribution is -2.29. The lowest BCUT2D eigenvalue weighted by molar-refractivity contribution is 0.251. The van der Waals surface area contributed by atoms with Crippen LogP contribution in [0.4, 0.5) is 10.5 Å². The third-order valence-electron chi connectivity index (χ3n) is 4.15. The molecule has 0 unspecified atom stereocenters. The van der Waals surface area contributed by atoms with Gasteiger partial charge < -0.3 is 15.2 Å². The maximum absolute atomic E-state index is 12.0. The number of hydrogen-bond acceptors (Lipinski definition) is 4. The molecule has 128 valence electrons. The van der Waals surface area contributed by atoms with Gasteiger partial charge in [-0.3, -0.25) is 0 Å². The van der Waals surface area contributed by atoms with Crippen LogP contribution in [0.3, 0.4) is 0 Å². The minimum atomic E-state index is -0.222. The van der Waals surface area contributed by atoms with Gasteiger partial charge in [-0.25, -0.2) is 4.79 Å². The summed E-state index contributed by atoms with van der Waals surface area (Å²) < 4.78 is 2.12. The molecule has 0 saturated heterocycles. The van der Waals surface area contributed by atoms with Gasteiger partial charge in [-0.2, -0.15) is 11.8 Å². The summed E-state index contributed by atoms with van der Waals surface area (Å²) in [7, 11) is 0. The zero-order valence-corrected chi connectivity index (χ0v) is 14.7.